The summed E-state index contributed by atoms with van der Waals surface area (Å²) >= 11 is 1.26. The van der Waals surface area contributed by atoms with Gasteiger partial charge in [0.25, 0.3) is 5.91 Å². The number of hydrogen-bond donors (Lipinski definition) is 2. The first-order valence-corrected chi connectivity index (χ1v) is 7.34. The second kappa shape index (κ2) is 6.73. The van der Waals surface area contributed by atoms with Crippen LogP contribution in [0.15, 0.2) is 36.0 Å². The average Bonchev–Trinajstić information content (AvgIpc) is 3.02. The van der Waals surface area contributed by atoms with Crippen LogP contribution in [0.5, 0.6) is 0 Å². The molecular weight excluding hydrogens is 291 g/mol. The Balaban J connectivity index is 2.21. The summed E-state index contributed by atoms with van der Waals surface area (Å²) in [4.78, 5) is 12.3. The quantitative estimate of drug-likeness (QED) is 0.623. The standard InChI is InChI=1S/C14H17FN4OS/c1-3-4-9(11-7-12(11)16)10(5-6-15)13(20)17-14-19-18-8(2)21-14/h3-5,11-12H,1,6-7,16H2,2H3,(H,17,19,20)/b9-4+,10-5+. The molecule has 1 fully saturated rings. The van der Waals surface area contributed by atoms with Crippen molar-refractivity contribution in [3.63, 3.8) is 0 Å². The van der Waals surface area contributed by atoms with Crippen LogP contribution in [0.4, 0.5) is 9.52 Å². The van der Waals surface area contributed by atoms with Gasteiger partial charge in [-0.25, -0.2) is 4.39 Å². The minimum Gasteiger partial charge on any atom is -0.327 e. The molecule has 112 valence electrons. The van der Waals surface area contributed by atoms with E-state index in [-0.39, 0.29) is 17.5 Å². The molecule has 1 aromatic heterocycles. The lowest BCUT2D eigenvalue weighted by atomic mass is 9.99. The minimum atomic E-state index is -0.728. The lowest BCUT2D eigenvalue weighted by Crippen LogP contribution is -2.18. The molecule has 0 bridgehead atoms. The molecule has 21 heavy (non-hydrogen) atoms. The van der Waals surface area contributed by atoms with E-state index in [0.717, 1.165) is 11.4 Å². The van der Waals surface area contributed by atoms with Crippen molar-refractivity contribution in [1.29, 1.82) is 0 Å². The molecule has 2 atom stereocenters. The summed E-state index contributed by atoms with van der Waals surface area (Å²) in [5.74, 6) is -0.335. The zero-order valence-corrected chi connectivity index (χ0v) is 12.5. The Morgan fingerprint density at radius 3 is 2.81 bits per heavy atom. The Morgan fingerprint density at radius 1 is 1.62 bits per heavy atom. The second-order valence-corrected chi connectivity index (χ2v) is 5.90. The van der Waals surface area contributed by atoms with E-state index in [0.29, 0.717) is 10.7 Å². The number of nitrogens with two attached hydrogens (primary N) is 1. The summed E-state index contributed by atoms with van der Waals surface area (Å²) in [6, 6.07) is 0.00999. The van der Waals surface area contributed by atoms with Crippen molar-refractivity contribution < 1.29 is 9.18 Å². The largest absolute Gasteiger partial charge is 0.327 e. The predicted octanol–water partition coefficient (Wildman–Crippen LogP) is 2.14. The van der Waals surface area contributed by atoms with Crippen molar-refractivity contribution in [3.05, 3.63) is 41.0 Å². The number of anilines is 1. The number of carbonyl (C=O) groups is 1. The van der Waals surface area contributed by atoms with Crippen LogP contribution < -0.4 is 11.1 Å². The number of aromatic nitrogens is 2. The number of nitrogens with one attached hydrogen (secondary N) is 1. The van der Waals surface area contributed by atoms with E-state index in [1.165, 1.54) is 17.4 Å². The number of rotatable bonds is 6. The normalized spacial score (nSPS) is 22.0. The van der Waals surface area contributed by atoms with Gasteiger partial charge in [0.1, 0.15) is 11.7 Å². The molecule has 7 heteroatoms. The van der Waals surface area contributed by atoms with Gasteiger partial charge in [0.2, 0.25) is 5.13 Å². The molecule has 1 aliphatic rings. The third kappa shape index (κ3) is 3.83. The summed E-state index contributed by atoms with van der Waals surface area (Å²) in [5, 5.41) is 11.4. The van der Waals surface area contributed by atoms with Gasteiger partial charge in [-0.05, 0) is 25.0 Å². The lowest BCUT2D eigenvalue weighted by molar-refractivity contribution is -0.112. The van der Waals surface area contributed by atoms with Crippen molar-refractivity contribution in [2.75, 3.05) is 12.0 Å². The highest BCUT2D eigenvalue weighted by molar-refractivity contribution is 7.15. The fourth-order valence-corrected chi connectivity index (χ4v) is 2.63. The first-order valence-electron chi connectivity index (χ1n) is 6.53. The van der Waals surface area contributed by atoms with E-state index in [1.54, 1.807) is 19.1 Å². The molecule has 1 aromatic rings. The van der Waals surface area contributed by atoms with Gasteiger partial charge in [-0.3, -0.25) is 10.1 Å². The number of carbonyl (C=O) groups excluding carboxylic acids is 1. The summed E-state index contributed by atoms with van der Waals surface area (Å²) < 4.78 is 12.8. The Bertz CT molecular complexity index is 608. The van der Waals surface area contributed by atoms with Crippen LogP contribution in [-0.4, -0.2) is 28.8 Å². The Labute approximate surface area is 126 Å². The number of halogens is 1. The van der Waals surface area contributed by atoms with Crippen molar-refractivity contribution in [1.82, 2.24) is 10.2 Å². The van der Waals surface area contributed by atoms with E-state index in [9.17, 15) is 9.18 Å². The summed E-state index contributed by atoms with van der Waals surface area (Å²) in [6.07, 6.45) is 5.33. The monoisotopic (exact) mass is 308 g/mol. The smallest absolute Gasteiger partial charge is 0.257 e. The highest BCUT2D eigenvalue weighted by Crippen LogP contribution is 2.39. The zero-order chi connectivity index (χ0) is 15.4. The van der Waals surface area contributed by atoms with Crippen LogP contribution in [0.3, 0.4) is 0 Å². The van der Waals surface area contributed by atoms with Gasteiger partial charge in [0.05, 0.1) is 0 Å². The lowest BCUT2D eigenvalue weighted by Gasteiger charge is -2.10. The number of nitrogens with zero attached hydrogens (tertiary/aromatic N) is 2. The predicted molar refractivity (Wildman–Crippen MR) is 81.7 cm³/mol. The molecule has 2 unspecified atom stereocenters. The van der Waals surface area contributed by atoms with Crippen LogP contribution in [0, 0.1) is 12.8 Å². The van der Waals surface area contributed by atoms with Gasteiger partial charge in [0.15, 0.2) is 0 Å². The number of amides is 1. The van der Waals surface area contributed by atoms with E-state index >= 15 is 0 Å². The molecule has 1 heterocycles. The maximum atomic E-state index is 12.8. The van der Waals surface area contributed by atoms with Gasteiger partial charge < -0.3 is 5.73 Å². The van der Waals surface area contributed by atoms with Gasteiger partial charge >= 0.3 is 0 Å². The Morgan fingerprint density at radius 2 is 2.33 bits per heavy atom. The van der Waals surface area contributed by atoms with Gasteiger partial charge in [-0.15, -0.1) is 10.2 Å². The van der Waals surface area contributed by atoms with Gasteiger partial charge in [-0.1, -0.05) is 30.1 Å². The fraction of sp³-hybridized carbons (Fsp3) is 0.357. The van der Waals surface area contributed by atoms with Crippen LogP contribution in [0.2, 0.25) is 0 Å². The highest BCUT2D eigenvalue weighted by atomic mass is 32.1. The van der Waals surface area contributed by atoms with Crippen LogP contribution >= 0.6 is 11.3 Å². The summed E-state index contributed by atoms with van der Waals surface area (Å²) in [7, 11) is 0. The number of aryl methyl sites for hydroxylation is 1. The Kier molecular flexibility index (Phi) is 4.98. The summed E-state index contributed by atoms with van der Waals surface area (Å²) in [6.45, 7) is 4.70. The zero-order valence-electron chi connectivity index (χ0n) is 11.7. The van der Waals surface area contributed by atoms with Crippen LogP contribution in [0.25, 0.3) is 0 Å². The first-order chi connectivity index (χ1) is 10.1. The molecule has 0 radical (unpaired) electrons. The Hall–Kier alpha value is -1.86. The molecule has 5 nitrogen and oxygen atoms in total. The van der Waals surface area contributed by atoms with Crippen LogP contribution in [0.1, 0.15) is 11.4 Å². The first kappa shape index (κ1) is 15.5. The molecule has 0 spiro atoms. The maximum absolute atomic E-state index is 12.8. The molecule has 1 amide bonds. The van der Waals surface area contributed by atoms with Gasteiger partial charge in [-0.2, -0.15) is 0 Å². The minimum absolute atomic E-state index is 0.00999. The van der Waals surface area contributed by atoms with E-state index in [4.69, 9.17) is 5.73 Å². The summed E-state index contributed by atoms with van der Waals surface area (Å²) in [5.41, 5.74) is 6.84. The topological polar surface area (TPSA) is 80.9 Å². The molecule has 2 rings (SSSR count). The average molecular weight is 308 g/mol. The molecule has 3 N–H and O–H groups in total. The number of allylic oxidation sites excluding steroid dienone is 3. The molecule has 1 aliphatic carbocycles. The third-order valence-corrected chi connectivity index (χ3v) is 3.87. The number of alkyl halides is 1. The van der Waals surface area contributed by atoms with E-state index in [2.05, 4.69) is 22.1 Å². The maximum Gasteiger partial charge on any atom is 0.257 e. The van der Waals surface area contributed by atoms with Crippen molar-refractivity contribution in [2.45, 2.75) is 19.4 Å². The SMILES string of the molecule is C=C/C=C(\C(=C/CF)C(=O)Nc1nnc(C)s1)C1CC1N. The highest BCUT2D eigenvalue weighted by Gasteiger charge is 2.39. The van der Waals surface area contributed by atoms with Gasteiger partial charge in [0, 0.05) is 17.5 Å². The van der Waals surface area contributed by atoms with E-state index < -0.39 is 12.6 Å². The third-order valence-electron chi connectivity index (χ3n) is 3.12. The molecule has 0 aliphatic heterocycles. The molecule has 0 saturated heterocycles. The molecular formula is C14H17FN4OS. The van der Waals surface area contributed by atoms with E-state index in [1.807, 2.05) is 0 Å². The van der Waals surface area contributed by atoms with Crippen molar-refractivity contribution in [2.24, 2.45) is 11.7 Å². The van der Waals surface area contributed by atoms with Crippen molar-refractivity contribution >= 4 is 22.4 Å². The molecule has 1 saturated carbocycles. The second-order valence-electron chi connectivity index (χ2n) is 4.72. The number of hydrogen-bond acceptors (Lipinski definition) is 5. The molecule has 0 aromatic carbocycles. The van der Waals surface area contributed by atoms with Crippen LogP contribution in [-0.2, 0) is 4.79 Å². The van der Waals surface area contributed by atoms with Crippen molar-refractivity contribution in [3.8, 4) is 0 Å². The fourth-order valence-electron chi connectivity index (χ4n) is 2.04.